The molecule has 1 N–H and O–H groups in total. The summed E-state index contributed by atoms with van der Waals surface area (Å²) < 4.78 is 37.1. The van der Waals surface area contributed by atoms with E-state index in [0.717, 1.165) is 5.56 Å². The van der Waals surface area contributed by atoms with Gasteiger partial charge in [0.25, 0.3) is 0 Å². The van der Waals surface area contributed by atoms with Gasteiger partial charge in [0.2, 0.25) is 0 Å². The molecule has 19 heavy (non-hydrogen) atoms. The highest BCUT2D eigenvalue weighted by atomic mass is 79.9. The average molecular weight is 350 g/mol. The molecule has 6 heteroatoms. The van der Waals surface area contributed by atoms with Crippen LogP contribution in [0.1, 0.15) is 12.0 Å². The topological polar surface area (TPSA) is 46.2 Å². The van der Waals surface area contributed by atoms with Gasteiger partial charge in [-0.1, -0.05) is 15.9 Å². The molecule has 1 aromatic rings. The maximum atomic E-state index is 13.3. The van der Waals surface area contributed by atoms with Crippen LogP contribution in [-0.4, -0.2) is 33.0 Å². The Morgan fingerprint density at radius 1 is 1.47 bits per heavy atom. The zero-order valence-electron chi connectivity index (χ0n) is 10.7. The maximum Gasteiger partial charge on any atom is 0.150 e. The third-order valence-electron chi connectivity index (χ3n) is 3.59. The smallest absolute Gasteiger partial charge is 0.150 e. The van der Waals surface area contributed by atoms with Gasteiger partial charge in [0.1, 0.15) is 5.82 Å². The van der Waals surface area contributed by atoms with Crippen molar-refractivity contribution in [3.05, 3.63) is 34.1 Å². The second kappa shape index (κ2) is 5.89. The van der Waals surface area contributed by atoms with Crippen molar-refractivity contribution in [1.29, 1.82) is 0 Å². The van der Waals surface area contributed by atoms with Crippen molar-refractivity contribution in [3.63, 3.8) is 0 Å². The zero-order valence-corrected chi connectivity index (χ0v) is 13.1. The van der Waals surface area contributed by atoms with E-state index in [2.05, 4.69) is 21.2 Å². The van der Waals surface area contributed by atoms with Gasteiger partial charge in [0, 0.05) is 10.5 Å². The van der Waals surface area contributed by atoms with Gasteiger partial charge in [-0.05, 0) is 49.6 Å². The lowest BCUT2D eigenvalue weighted by molar-refractivity contribution is 0.402. The van der Waals surface area contributed by atoms with Crippen LogP contribution in [0.4, 0.5) is 4.39 Å². The van der Waals surface area contributed by atoms with Crippen molar-refractivity contribution in [2.24, 2.45) is 5.92 Å². The summed E-state index contributed by atoms with van der Waals surface area (Å²) in [6, 6.07) is 4.85. The zero-order chi connectivity index (χ0) is 14.0. The van der Waals surface area contributed by atoms with E-state index in [1.54, 1.807) is 0 Å². The van der Waals surface area contributed by atoms with Crippen LogP contribution in [0.3, 0.4) is 0 Å². The fraction of sp³-hybridized carbons (Fsp3) is 0.538. The minimum absolute atomic E-state index is 0.0611. The number of hydrogen-bond donors (Lipinski definition) is 1. The Balaban J connectivity index is 2.11. The molecule has 0 bridgehead atoms. The van der Waals surface area contributed by atoms with E-state index in [0.29, 0.717) is 17.3 Å². The summed E-state index contributed by atoms with van der Waals surface area (Å²) in [5.41, 5.74) is 0.871. The van der Waals surface area contributed by atoms with Crippen LogP contribution < -0.4 is 5.32 Å². The Morgan fingerprint density at radius 3 is 2.74 bits per heavy atom. The van der Waals surface area contributed by atoms with Gasteiger partial charge < -0.3 is 5.32 Å². The van der Waals surface area contributed by atoms with Crippen LogP contribution in [-0.2, 0) is 16.3 Å². The Kier molecular flexibility index (Phi) is 4.63. The monoisotopic (exact) mass is 349 g/mol. The Bertz CT molecular complexity index is 542. The van der Waals surface area contributed by atoms with Crippen LogP contribution in [0.2, 0.25) is 0 Å². The maximum absolute atomic E-state index is 13.3. The van der Waals surface area contributed by atoms with E-state index >= 15 is 0 Å². The minimum atomic E-state index is -2.88. The molecule has 0 aliphatic carbocycles. The molecule has 1 aromatic carbocycles. The fourth-order valence-corrected chi connectivity index (χ4v) is 5.02. The molecule has 1 fully saturated rings. The number of rotatable bonds is 4. The Hall–Kier alpha value is -0.460. The van der Waals surface area contributed by atoms with Crippen LogP contribution >= 0.6 is 15.9 Å². The Morgan fingerprint density at radius 2 is 2.21 bits per heavy atom. The molecule has 1 aliphatic heterocycles. The average Bonchev–Trinajstić information content (AvgIpc) is 2.65. The lowest BCUT2D eigenvalue weighted by atomic mass is 9.93. The lowest BCUT2D eigenvalue weighted by Crippen LogP contribution is -2.36. The molecule has 2 unspecified atom stereocenters. The third-order valence-corrected chi connectivity index (χ3v) is 5.84. The molecule has 106 valence electrons. The van der Waals surface area contributed by atoms with Gasteiger partial charge in [-0.15, -0.1) is 0 Å². The summed E-state index contributed by atoms with van der Waals surface area (Å²) in [6.07, 6.45) is 1.32. The molecule has 1 saturated heterocycles. The van der Waals surface area contributed by atoms with E-state index < -0.39 is 9.84 Å². The first-order valence-electron chi connectivity index (χ1n) is 6.22. The summed E-state index contributed by atoms with van der Waals surface area (Å²) in [5.74, 6) is 0.327. The SMILES string of the molecule is CNC(Cc1cc(F)cc(Br)c1)C1CCS(=O)(=O)C1. The predicted molar refractivity (Wildman–Crippen MR) is 77.4 cm³/mol. The molecule has 1 heterocycles. The van der Waals surface area contributed by atoms with Gasteiger partial charge in [-0.3, -0.25) is 0 Å². The number of benzene rings is 1. The third kappa shape index (κ3) is 4.00. The summed E-state index contributed by atoms with van der Waals surface area (Å²) in [4.78, 5) is 0. The van der Waals surface area contributed by atoms with Crippen molar-refractivity contribution in [2.45, 2.75) is 18.9 Å². The number of hydrogen-bond acceptors (Lipinski definition) is 3. The first-order valence-corrected chi connectivity index (χ1v) is 8.84. The van der Waals surface area contributed by atoms with Crippen molar-refractivity contribution in [3.8, 4) is 0 Å². The minimum Gasteiger partial charge on any atom is -0.316 e. The van der Waals surface area contributed by atoms with Crippen LogP contribution in [0.15, 0.2) is 22.7 Å². The van der Waals surface area contributed by atoms with Crippen LogP contribution in [0.5, 0.6) is 0 Å². The van der Waals surface area contributed by atoms with Gasteiger partial charge in [-0.2, -0.15) is 0 Å². The van der Waals surface area contributed by atoms with E-state index in [-0.39, 0.29) is 29.3 Å². The molecule has 0 amide bonds. The number of likely N-dealkylation sites (N-methyl/N-ethyl adjacent to an activating group) is 1. The summed E-state index contributed by atoms with van der Waals surface area (Å²) in [6.45, 7) is 0. The summed E-state index contributed by atoms with van der Waals surface area (Å²) in [7, 11) is -1.06. The van der Waals surface area contributed by atoms with E-state index in [1.807, 2.05) is 13.1 Å². The van der Waals surface area contributed by atoms with Gasteiger partial charge in [0.05, 0.1) is 11.5 Å². The first kappa shape index (κ1) is 14.9. The largest absolute Gasteiger partial charge is 0.316 e. The van der Waals surface area contributed by atoms with Crippen LogP contribution in [0, 0.1) is 11.7 Å². The first-order chi connectivity index (χ1) is 8.89. The molecule has 0 aromatic heterocycles. The highest BCUT2D eigenvalue weighted by molar-refractivity contribution is 9.10. The molecule has 0 radical (unpaired) electrons. The molecular formula is C13H17BrFNO2S. The van der Waals surface area contributed by atoms with Gasteiger partial charge >= 0.3 is 0 Å². The Labute approximate surface area is 121 Å². The van der Waals surface area contributed by atoms with Crippen molar-refractivity contribution in [2.75, 3.05) is 18.6 Å². The van der Waals surface area contributed by atoms with Gasteiger partial charge in [0.15, 0.2) is 9.84 Å². The molecule has 0 spiro atoms. The van der Waals surface area contributed by atoms with E-state index in [4.69, 9.17) is 0 Å². The quantitative estimate of drug-likeness (QED) is 0.905. The summed E-state index contributed by atoms with van der Waals surface area (Å²) in [5, 5.41) is 3.17. The highest BCUT2D eigenvalue weighted by Gasteiger charge is 2.33. The molecular weight excluding hydrogens is 333 g/mol. The molecule has 3 nitrogen and oxygen atoms in total. The van der Waals surface area contributed by atoms with Crippen molar-refractivity contribution >= 4 is 25.8 Å². The van der Waals surface area contributed by atoms with E-state index in [1.165, 1.54) is 12.1 Å². The standard InChI is InChI=1S/C13H17BrFNO2S/c1-16-13(10-2-3-19(17,18)8-10)6-9-4-11(14)7-12(15)5-9/h4-5,7,10,13,16H,2-3,6,8H2,1H3. The molecule has 1 aliphatic rings. The normalized spacial score (nSPS) is 23.4. The van der Waals surface area contributed by atoms with Crippen molar-refractivity contribution < 1.29 is 12.8 Å². The lowest BCUT2D eigenvalue weighted by Gasteiger charge is -2.22. The van der Waals surface area contributed by atoms with Gasteiger partial charge in [-0.25, -0.2) is 12.8 Å². The van der Waals surface area contributed by atoms with E-state index in [9.17, 15) is 12.8 Å². The molecule has 2 rings (SSSR count). The molecule has 0 saturated carbocycles. The predicted octanol–water partition coefficient (Wildman–Crippen LogP) is 2.15. The number of halogens is 2. The second-order valence-electron chi connectivity index (χ2n) is 5.04. The second-order valence-corrected chi connectivity index (χ2v) is 8.18. The fourth-order valence-electron chi connectivity index (χ4n) is 2.63. The highest BCUT2D eigenvalue weighted by Crippen LogP contribution is 2.25. The summed E-state index contributed by atoms with van der Waals surface area (Å²) >= 11 is 3.27. The molecule has 2 atom stereocenters. The number of nitrogens with one attached hydrogen (secondary N) is 1. The number of sulfone groups is 1. The van der Waals surface area contributed by atoms with Crippen molar-refractivity contribution in [1.82, 2.24) is 5.32 Å². The van der Waals surface area contributed by atoms with Crippen LogP contribution in [0.25, 0.3) is 0 Å².